The van der Waals surface area contributed by atoms with Crippen LogP contribution in [0, 0.1) is 0 Å². The molecular formula is C20H20ClNO. The third-order valence-corrected chi connectivity index (χ3v) is 4.38. The van der Waals surface area contributed by atoms with Gasteiger partial charge in [0.15, 0.2) is 5.78 Å². The number of ketones is 1. The van der Waals surface area contributed by atoms with Crippen molar-refractivity contribution in [2.24, 2.45) is 0 Å². The van der Waals surface area contributed by atoms with Crippen LogP contribution in [0.15, 0.2) is 54.6 Å². The second-order valence-electron chi connectivity index (χ2n) is 5.85. The number of hydrogen-bond acceptors (Lipinski definition) is 2. The van der Waals surface area contributed by atoms with Gasteiger partial charge < -0.3 is 4.90 Å². The Labute approximate surface area is 142 Å². The largest absolute Gasteiger partial charge is 0.372 e. The normalized spacial score (nSPS) is 15.1. The van der Waals surface area contributed by atoms with Crippen LogP contribution >= 0.6 is 11.6 Å². The molecule has 1 heterocycles. The van der Waals surface area contributed by atoms with E-state index in [1.54, 1.807) is 12.2 Å². The second-order valence-corrected chi connectivity index (χ2v) is 6.28. The van der Waals surface area contributed by atoms with E-state index in [4.69, 9.17) is 11.6 Å². The Hall–Kier alpha value is -2.06. The molecule has 0 aliphatic carbocycles. The minimum absolute atomic E-state index is 0.00942. The van der Waals surface area contributed by atoms with Gasteiger partial charge in [-0.2, -0.15) is 0 Å². The Morgan fingerprint density at radius 1 is 1.00 bits per heavy atom. The van der Waals surface area contributed by atoms with E-state index in [0.717, 1.165) is 18.7 Å². The van der Waals surface area contributed by atoms with Gasteiger partial charge >= 0.3 is 0 Å². The lowest BCUT2D eigenvalue weighted by atomic mass is 10.1. The van der Waals surface area contributed by atoms with E-state index in [9.17, 15) is 4.79 Å². The van der Waals surface area contributed by atoms with Crippen molar-refractivity contribution in [1.82, 2.24) is 0 Å². The number of anilines is 1. The second kappa shape index (κ2) is 7.47. The predicted octanol–water partition coefficient (Wildman–Crippen LogP) is 5.23. The van der Waals surface area contributed by atoms with Gasteiger partial charge in [-0.25, -0.2) is 0 Å². The molecule has 0 unspecified atom stereocenters. The summed E-state index contributed by atoms with van der Waals surface area (Å²) in [5.41, 5.74) is 2.85. The number of halogens is 1. The van der Waals surface area contributed by atoms with E-state index in [2.05, 4.69) is 4.90 Å². The number of piperidine rings is 1. The Morgan fingerprint density at radius 2 is 1.74 bits per heavy atom. The third-order valence-electron chi connectivity index (χ3n) is 4.15. The van der Waals surface area contributed by atoms with Crippen LogP contribution in [-0.4, -0.2) is 18.9 Å². The lowest BCUT2D eigenvalue weighted by molar-refractivity contribution is 0.104. The highest BCUT2D eigenvalue weighted by Gasteiger charge is 2.11. The molecule has 2 aromatic carbocycles. The van der Waals surface area contributed by atoms with E-state index < -0.39 is 0 Å². The van der Waals surface area contributed by atoms with Crippen molar-refractivity contribution in [2.75, 3.05) is 18.0 Å². The fourth-order valence-corrected chi connectivity index (χ4v) is 3.07. The molecule has 3 rings (SSSR count). The topological polar surface area (TPSA) is 20.3 Å². The molecule has 0 N–H and O–H groups in total. The van der Waals surface area contributed by atoms with Crippen LogP contribution in [-0.2, 0) is 0 Å². The lowest BCUT2D eigenvalue weighted by Gasteiger charge is -2.28. The van der Waals surface area contributed by atoms with Gasteiger partial charge in [0.1, 0.15) is 0 Å². The van der Waals surface area contributed by atoms with Gasteiger partial charge in [0.2, 0.25) is 0 Å². The fraction of sp³-hybridized carbons (Fsp3) is 0.250. The highest BCUT2D eigenvalue weighted by atomic mass is 35.5. The molecule has 0 bridgehead atoms. The first-order valence-electron chi connectivity index (χ1n) is 8.05. The highest BCUT2D eigenvalue weighted by Crippen LogP contribution is 2.20. The Balaban J connectivity index is 1.67. The smallest absolute Gasteiger partial charge is 0.185 e. The molecule has 3 heteroatoms. The number of allylic oxidation sites excluding steroid dienone is 1. The summed E-state index contributed by atoms with van der Waals surface area (Å²) in [7, 11) is 0. The summed E-state index contributed by atoms with van der Waals surface area (Å²) in [6.45, 7) is 2.23. The van der Waals surface area contributed by atoms with Gasteiger partial charge in [-0.1, -0.05) is 29.8 Å². The average molecular weight is 326 g/mol. The number of hydrogen-bond donors (Lipinski definition) is 0. The standard InChI is InChI=1S/C20H20ClNO/c21-18-6-4-5-16(15-18)7-12-20(23)17-8-10-19(11-9-17)22-13-2-1-3-14-22/h4-12,15H,1-3,13-14H2/b12-7+. The Kier molecular flexibility index (Phi) is 5.14. The van der Waals surface area contributed by atoms with Gasteiger partial charge in [-0.15, -0.1) is 0 Å². The Bertz CT molecular complexity index is 700. The summed E-state index contributed by atoms with van der Waals surface area (Å²) in [6.07, 6.45) is 7.22. The summed E-state index contributed by atoms with van der Waals surface area (Å²) in [6, 6.07) is 15.4. The van der Waals surface area contributed by atoms with Crippen molar-refractivity contribution in [3.05, 3.63) is 70.8 Å². The maximum Gasteiger partial charge on any atom is 0.185 e. The molecule has 0 saturated carbocycles. The maximum atomic E-state index is 12.3. The number of nitrogens with zero attached hydrogens (tertiary/aromatic N) is 1. The van der Waals surface area contributed by atoms with Crippen molar-refractivity contribution in [3.8, 4) is 0 Å². The van der Waals surface area contributed by atoms with Crippen LogP contribution in [0.1, 0.15) is 35.2 Å². The maximum absolute atomic E-state index is 12.3. The fourth-order valence-electron chi connectivity index (χ4n) is 2.87. The van der Waals surface area contributed by atoms with Crippen molar-refractivity contribution in [1.29, 1.82) is 0 Å². The van der Waals surface area contributed by atoms with Gasteiger partial charge in [0, 0.05) is 29.4 Å². The molecule has 1 saturated heterocycles. The Morgan fingerprint density at radius 3 is 2.43 bits per heavy atom. The van der Waals surface area contributed by atoms with Crippen LogP contribution in [0.25, 0.3) is 6.08 Å². The molecule has 0 radical (unpaired) electrons. The molecule has 2 nitrogen and oxygen atoms in total. The van der Waals surface area contributed by atoms with Crippen molar-refractivity contribution >= 4 is 29.1 Å². The van der Waals surface area contributed by atoms with Crippen molar-refractivity contribution < 1.29 is 4.79 Å². The van der Waals surface area contributed by atoms with Gasteiger partial charge in [-0.05, 0) is 67.3 Å². The van der Waals surface area contributed by atoms with Gasteiger partial charge in [-0.3, -0.25) is 4.79 Å². The molecule has 118 valence electrons. The summed E-state index contributed by atoms with van der Waals surface area (Å²) in [4.78, 5) is 14.6. The molecule has 0 atom stereocenters. The molecule has 1 aliphatic heterocycles. The number of rotatable bonds is 4. The number of benzene rings is 2. The zero-order chi connectivity index (χ0) is 16.1. The molecule has 2 aromatic rings. The van der Waals surface area contributed by atoms with Crippen LogP contribution in [0.5, 0.6) is 0 Å². The predicted molar refractivity (Wildman–Crippen MR) is 97.3 cm³/mol. The molecule has 0 aromatic heterocycles. The number of carbonyl (C=O) groups excluding carboxylic acids is 1. The van der Waals surface area contributed by atoms with E-state index in [0.29, 0.717) is 10.6 Å². The van der Waals surface area contributed by atoms with E-state index >= 15 is 0 Å². The third kappa shape index (κ3) is 4.23. The zero-order valence-corrected chi connectivity index (χ0v) is 13.8. The molecule has 0 spiro atoms. The lowest BCUT2D eigenvalue weighted by Crippen LogP contribution is -2.29. The number of carbonyl (C=O) groups is 1. The first-order valence-corrected chi connectivity index (χ1v) is 8.43. The first kappa shape index (κ1) is 15.8. The zero-order valence-electron chi connectivity index (χ0n) is 13.0. The van der Waals surface area contributed by atoms with Crippen LogP contribution in [0.4, 0.5) is 5.69 Å². The highest BCUT2D eigenvalue weighted by molar-refractivity contribution is 6.30. The van der Waals surface area contributed by atoms with E-state index in [-0.39, 0.29) is 5.78 Å². The SMILES string of the molecule is O=C(/C=C/c1cccc(Cl)c1)c1ccc(N2CCCCC2)cc1. The van der Waals surface area contributed by atoms with Crippen LogP contribution in [0.3, 0.4) is 0 Å². The minimum atomic E-state index is 0.00942. The van der Waals surface area contributed by atoms with E-state index in [1.165, 1.54) is 24.9 Å². The summed E-state index contributed by atoms with van der Waals surface area (Å²) < 4.78 is 0. The molecule has 0 amide bonds. The summed E-state index contributed by atoms with van der Waals surface area (Å²) >= 11 is 5.94. The summed E-state index contributed by atoms with van der Waals surface area (Å²) in [5, 5.41) is 0.672. The van der Waals surface area contributed by atoms with Gasteiger partial charge in [0.05, 0.1) is 0 Å². The van der Waals surface area contributed by atoms with Crippen molar-refractivity contribution in [3.63, 3.8) is 0 Å². The molecular weight excluding hydrogens is 306 g/mol. The monoisotopic (exact) mass is 325 g/mol. The van der Waals surface area contributed by atoms with E-state index in [1.807, 2.05) is 48.5 Å². The summed E-state index contributed by atoms with van der Waals surface area (Å²) in [5.74, 6) is 0.00942. The van der Waals surface area contributed by atoms with Crippen molar-refractivity contribution in [2.45, 2.75) is 19.3 Å². The molecule has 1 fully saturated rings. The first-order chi connectivity index (χ1) is 11.2. The quantitative estimate of drug-likeness (QED) is 0.567. The van der Waals surface area contributed by atoms with Crippen LogP contribution in [0.2, 0.25) is 5.02 Å². The molecule has 23 heavy (non-hydrogen) atoms. The minimum Gasteiger partial charge on any atom is -0.372 e. The van der Waals surface area contributed by atoms with Gasteiger partial charge in [0.25, 0.3) is 0 Å². The average Bonchev–Trinajstić information content (AvgIpc) is 2.61. The molecule has 1 aliphatic rings. The van der Waals surface area contributed by atoms with Crippen LogP contribution < -0.4 is 4.90 Å².